The highest BCUT2D eigenvalue weighted by Gasteiger charge is 2.19. The van der Waals surface area contributed by atoms with Gasteiger partial charge in [0.2, 0.25) is 0 Å². The normalized spacial score (nSPS) is 11.1. The summed E-state index contributed by atoms with van der Waals surface area (Å²) in [7, 11) is -3.63. The Hall–Kier alpha value is -1.26. The maximum Gasteiger partial charge on any atom is 0.301 e. The van der Waals surface area contributed by atoms with Crippen LogP contribution in [-0.4, -0.2) is 37.5 Å². The molecular weight excluding hydrogens is 312 g/mol. The van der Waals surface area contributed by atoms with Gasteiger partial charge in [-0.15, -0.1) is 0 Å². The number of hydrogen-bond donors (Lipinski definition) is 2. The molecule has 0 saturated carbocycles. The molecule has 7 heteroatoms. The van der Waals surface area contributed by atoms with E-state index in [9.17, 15) is 8.42 Å². The van der Waals surface area contributed by atoms with E-state index in [-0.39, 0.29) is 6.61 Å². The molecule has 0 radical (unpaired) electrons. The first-order valence-electron chi connectivity index (χ1n) is 6.61. The molecule has 5 nitrogen and oxygen atoms in total. The van der Waals surface area contributed by atoms with Crippen molar-refractivity contribution in [2.24, 2.45) is 0 Å². The van der Waals surface area contributed by atoms with Crippen molar-refractivity contribution >= 4 is 27.5 Å². The molecule has 0 spiro atoms. The second kappa shape index (κ2) is 8.25. The third-order valence-electron chi connectivity index (χ3n) is 2.72. The van der Waals surface area contributed by atoms with Crippen LogP contribution in [0.4, 0.5) is 5.69 Å². The first-order chi connectivity index (χ1) is 9.94. The standard InChI is InChI=1S/C14H19ClN2O3S/c1-3-17(4-2)21(19,20)16-14-11-12(7-5-6-10-18)8-9-13(14)15/h8-9,11,16,18H,3-4,6,10H2,1-2H3. The zero-order valence-corrected chi connectivity index (χ0v) is 13.6. The highest BCUT2D eigenvalue weighted by Crippen LogP contribution is 2.24. The molecule has 116 valence electrons. The smallest absolute Gasteiger partial charge is 0.301 e. The van der Waals surface area contributed by atoms with Crippen molar-refractivity contribution in [3.8, 4) is 11.8 Å². The van der Waals surface area contributed by atoms with E-state index in [2.05, 4.69) is 16.6 Å². The molecule has 0 aromatic heterocycles. The second-order valence-corrected chi connectivity index (χ2v) is 6.24. The van der Waals surface area contributed by atoms with E-state index in [1.165, 1.54) is 4.31 Å². The molecule has 0 heterocycles. The first-order valence-corrected chi connectivity index (χ1v) is 8.43. The fraction of sp³-hybridized carbons (Fsp3) is 0.429. The minimum atomic E-state index is -3.63. The molecule has 1 rings (SSSR count). The predicted molar refractivity (Wildman–Crippen MR) is 85.5 cm³/mol. The lowest BCUT2D eigenvalue weighted by atomic mass is 10.2. The minimum absolute atomic E-state index is 0.0119. The highest BCUT2D eigenvalue weighted by molar-refractivity contribution is 7.90. The molecular formula is C14H19ClN2O3S. The van der Waals surface area contributed by atoms with Gasteiger partial charge in [0.25, 0.3) is 0 Å². The number of benzene rings is 1. The molecule has 0 amide bonds. The number of nitrogens with one attached hydrogen (secondary N) is 1. The van der Waals surface area contributed by atoms with Crippen molar-refractivity contribution in [1.82, 2.24) is 4.31 Å². The number of hydrogen-bond acceptors (Lipinski definition) is 3. The van der Waals surface area contributed by atoms with Crippen LogP contribution in [0.3, 0.4) is 0 Å². The Morgan fingerprint density at radius 2 is 2.00 bits per heavy atom. The Balaban J connectivity index is 3.03. The van der Waals surface area contributed by atoms with E-state index in [0.717, 1.165) is 0 Å². The van der Waals surface area contributed by atoms with Gasteiger partial charge in [-0.3, -0.25) is 4.72 Å². The number of nitrogens with zero attached hydrogens (tertiary/aromatic N) is 1. The molecule has 1 aromatic rings. The molecule has 0 aliphatic heterocycles. The van der Waals surface area contributed by atoms with E-state index < -0.39 is 10.2 Å². The summed E-state index contributed by atoms with van der Waals surface area (Å²) in [5.74, 6) is 5.61. The van der Waals surface area contributed by atoms with Crippen LogP contribution < -0.4 is 4.72 Å². The van der Waals surface area contributed by atoms with Crippen molar-refractivity contribution in [3.63, 3.8) is 0 Å². The number of rotatable bonds is 6. The van der Waals surface area contributed by atoms with E-state index in [0.29, 0.717) is 35.8 Å². The molecule has 0 aliphatic carbocycles. The Labute approximate surface area is 131 Å². The SMILES string of the molecule is CCN(CC)S(=O)(=O)Nc1cc(C#CCCO)ccc1Cl. The zero-order valence-electron chi connectivity index (χ0n) is 12.1. The molecule has 0 fully saturated rings. The van der Waals surface area contributed by atoms with Gasteiger partial charge in [-0.1, -0.05) is 37.3 Å². The van der Waals surface area contributed by atoms with Crippen LogP contribution in [-0.2, 0) is 10.2 Å². The zero-order chi connectivity index (χ0) is 15.9. The number of aliphatic hydroxyl groups is 1. The van der Waals surface area contributed by atoms with Crippen LogP contribution in [0.5, 0.6) is 0 Å². The average molecular weight is 331 g/mol. The van der Waals surface area contributed by atoms with Crippen LogP contribution in [0.25, 0.3) is 0 Å². The molecule has 0 unspecified atom stereocenters. The summed E-state index contributed by atoms with van der Waals surface area (Å²) >= 11 is 6.02. The first kappa shape index (κ1) is 17.8. The molecule has 0 atom stereocenters. The lowest BCUT2D eigenvalue weighted by Crippen LogP contribution is -2.35. The van der Waals surface area contributed by atoms with Crippen molar-refractivity contribution in [2.75, 3.05) is 24.4 Å². The predicted octanol–water partition coefficient (Wildman–Crippen LogP) is 2.07. The summed E-state index contributed by atoms with van der Waals surface area (Å²) in [6.07, 6.45) is 0.364. The van der Waals surface area contributed by atoms with Crippen molar-refractivity contribution in [1.29, 1.82) is 0 Å². The Bertz CT molecular complexity index is 631. The number of anilines is 1. The van der Waals surface area contributed by atoms with Crippen LogP contribution in [0.1, 0.15) is 25.8 Å². The van der Waals surface area contributed by atoms with E-state index in [4.69, 9.17) is 16.7 Å². The number of halogens is 1. The van der Waals surface area contributed by atoms with Gasteiger partial charge >= 0.3 is 10.2 Å². The third-order valence-corrected chi connectivity index (χ3v) is 4.72. The molecule has 0 saturated heterocycles. The molecule has 1 aromatic carbocycles. The van der Waals surface area contributed by atoms with Crippen LogP contribution in [0, 0.1) is 11.8 Å². The maximum atomic E-state index is 12.2. The largest absolute Gasteiger partial charge is 0.395 e. The minimum Gasteiger partial charge on any atom is -0.395 e. The average Bonchev–Trinajstić information content (AvgIpc) is 2.43. The topological polar surface area (TPSA) is 69.6 Å². The quantitative estimate of drug-likeness (QED) is 0.784. The Morgan fingerprint density at radius 3 is 2.57 bits per heavy atom. The van der Waals surface area contributed by atoms with Gasteiger partial charge in [0.15, 0.2) is 0 Å². The second-order valence-electron chi connectivity index (χ2n) is 4.16. The van der Waals surface area contributed by atoms with Crippen molar-refractivity contribution in [3.05, 3.63) is 28.8 Å². The van der Waals surface area contributed by atoms with Gasteiger partial charge in [0, 0.05) is 25.1 Å². The van der Waals surface area contributed by atoms with E-state index >= 15 is 0 Å². The van der Waals surface area contributed by atoms with Gasteiger partial charge in [-0.2, -0.15) is 12.7 Å². The summed E-state index contributed by atoms with van der Waals surface area (Å²) in [6.45, 7) is 4.27. The van der Waals surface area contributed by atoms with Gasteiger partial charge in [0.1, 0.15) is 0 Å². The number of aliphatic hydroxyl groups excluding tert-OH is 1. The van der Waals surface area contributed by atoms with Gasteiger partial charge in [-0.05, 0) is 18.2 Å². The van der Waals surface area contributed by atoms with Crippen molar-refractivity contribution < 1.29 is 13.5 Å². The van der Waals surface area contributed by atoms with E-state index in [1.807, 2.05) is 0 Å². The summed E-state index contributed by atoms with van der Waals surface area (Å²) in [5, 5.41) is 8.99. The lowest BCUT2D eigenvalue weighted by Gasteiger charge is -2.20. The summed E-state index contributed by atoms with van der Waals surface area (Å²) < 4.78 is 28.1. The van der Waals surface area contributed by atoms with Crippen LogP contribution in [0.2, 0.25) is 5.02 Å². The molecule has 21 heavy (non-hydrogen) atoms. The Morgan fingerprint density at radius 1 is 1.33 bits per heavy atom. The van der Waals surface area contributed by atoms with Crippen molar-refractivity contribution in [2.45, 2.75) is 20.3 Å². The third kappa shape index (κ3) is 5.21. The molecule has 0 bridgehead atoms. The van der Waals surface area contributed by atoms with Gasteiger partial charge < -0.3 is 5.11 Å². The molecule has 0 aliphatic rings. The van der Waals surface area contributed by atoms with Crippen LogP contribution >= 0.6 is 11.6 Å². The lowest BCUT2D eigenvalue weighted by molar-refractivity contribution is 0.305. The fourth-order valence-corrected chi connectivity index (χ4v) is 3.15. The fourth-order valence-electron chi connectivity index (χ4n) is 1.67. The Kier molecular flexibility index (Phi) is 6.99. The maximum absolute atomic E-state index is 12.2. The van der Waals surface area contributed by atoms with Crippen LogP contribution in [0.15, 0.2) is 18.2 Å². The summed E-state index contributed by atoms with van der Waals surface area (Å²) in [4.78, 5) is 0. The molecule has 2 N–H and O–H groups in total. The monoisotopic (exact) mass is 330 g/mol. The summed E-state index contributed by atoms with van der Waals surface area (Å²) in [6, 6.07) is 4.86. The highest BCUT2D eigenvalue weighted by atomic mass is 35.5. The summed E-state index contributed by atoms with van der Waals surface area (Å²) in [5.41, 5.74) is 0.921. The van der Waals surface area contributed by atoms with Gasteiger partial charge in [-0.25, -0.2) is 0 Å². The van der Waals surface area contributed by atoms with E-state index in [1.54, 1.807) is 32.0 Å². The van der Waals surface area contributed by atoms with Gasteiger partial charge in [0.05, 0.1) is 17.3 Å².